The van der Waals surface area contributed by atoms with Gasteiger partial charge in [-0.2, -0.15) is 0 Å². The second-order valence-electron chi connectivity index (χ2n) is 9.89. The van der Waals surface area contributed by atoms with Gasteiger partial charge in [0.25, 0.3) is 5.91 Å². The summed E-state index contributed by atoms with van der Waals surface area (Å²) >= 11 is 2.28. The Balaban J connectivity index is 1.07. The van der Waals surface area contributed by atoms with Crippen LogP contribution in [0.2, 0.25) is 0 Å². The normalized spacial score (nSPS) is 16.1. The molecule has 3 aromatic carbocycles. The van der Waals surface area contributed by atoms with Crippen LogP contribution in [0.5, 0.6) is 23.0 Å². The van der Waals surface area contributed by atoms with E-state index in [0.29, 0.717) is 24.5 Å². The minimum Gasteiger partial charge on any atom is -0.493 e. The van der Waals surface area contributed by atoms with Crippen LogP contribution >= 0.6 is 22.6 Å². The topological polar surface area (TPSA) is 60.4 Å². The molecule has 0 N–H and O–H groups in total. The van der Waals surface area contributed by atoms with E-state index >= 15 is 0 Å². The molecule has 0 radical (unpaired) electrons. The Kier molecular flexibility index (Phi) is 8.51. The van der Waals surface area contributed by atoms with Crippen molar-refractivity contribution in [3.05, 3.63) is 74.9 Å². The molecule has 1 fully saturated rings. The predicted molar refractivity (Wildman–Crippen MR) is 159 cm³/mol. The van der Waals surface area contributed by atoms with E-state index < -0.39 is 0 Å². The fourth-order valence-corrected chi connectivity index (χ4v) is 5.22. The molecule has 6 nitrogen and oxygen atoms in total. The van der Waals surface area contributed by atoms with Gasteiger partial charge in [-0.25, -0.2) is 0 Å². The first-order chi connectivity index (χ1) is 18.5. The molecule has 3 aromatic rings. The largest absolute Gasteiger partial charge is 0.493 e. The van der Waals surface area contributed by atoms with Gasteiger partial charge in [-0.1, -0.05) is 17.7 Å². The molecule has 0 saturated carbocycles. The Labute approximate surface area is 238 Å². The van der Waals surface area contributed by atoms with Crippen molar-refractivity contribution in [2.45, 2.75) is 52.0 Å². The zero-order chi connectivity index (χ0) is 26.5. The molecule has 0 aromatic heterocycles. The van der Waals surface area contributed by atoms with Gasteiger partial charge in [-0.15, -0.1) is 0 Å². The molecule has 198 valence electrons. The number of ether oxygens (including phenoxy) is 3. The van der Waals surface area contributed by atoms with Crippen LogP contribution < -0.4 is 14.2 Å². The van der Waals surface area contributed by atoms with Crippen LogP contribution in [0.4, 0.5) is 5.69 Å². The quantitative estimate of drug-likeness (QED) is 0.172. The SMILES string of the molecule is Cc1ccc(Oc2cc(OCCCCCOc3cc4c(cc3C)C(=O)N3CCC[C@H]3C=N4)ccc2I)cc1. The molecular weight excluding hydrogens is 591 g/mol. The Morgan fingerprint density at radius 2 is 1.68 bits per heavy atom. The molecule has 1 amide bonds. The van der Waals surface area contributed by atoms with Crippen molar-refractivity contribution < 1.29 is 19.0 Å². The monoisotopic (exact) mass is 624 g/mol. The fourth-order valence-electron chi connectivity index (χ4n) is 4.77. The van der Waals surface area contributed by atoms with Crippen LogP contribution in [0.3, 0.4) is 0 Å². The highest BCUT2D eigenvalue weighted by molar-refractivity contribution is 14.1. The number of unbranched alkanes of at least 4 members (excludes halogenated alkanes) is 2. The number of benzene rings is 3. The Bertz CT molecular complexity index is 1320. The van der Waals surface area contributed by atoms with Crippen molar-refractivity contribution in [1.82, 2.24) is 4.90 Å². The number of fused-ring (bicyclic) bond motifs is 2. The first kappa shape index (κ1) is 26.5. The molecule has 0 unspecified atom stereocenters. The van der Waals surface area contributed by atoms with Crippen LogP contribution in [0, 0.1) is 17.4 Å². The predicted octanol–water partition coefficient (Wildman–Crippen LogP) is 7.65. The molecule has 0 bridgehead atoms. The average Bonchev–Trinajstić information content (AvgIpc) is 3.35. The smallest absolute Gasteiger partial charge is 0.256 e. The number of nitrogens with zero attached hydrogens (tertiary/aromatic N) is 2. The molecule has 2 aliphatic rings. The standard InChI is InChI=1S/C31H33IN2O4/c1-21-8-10-24(11-9-21)38-30-18-25(12-13-27(30)32)36-15-4-3-5-16-37-29-19-28-26(17-22(29)2)31(35)34-14-6-7-23(34)20-33-28/h8-13,17-20,23H,3-7,14-16H2,1-2H3/t23-/m0/s1. The molecule has 1 saturated heterocycles. The average molecular weight is 625 g/mol. The number of aryl methyl sites for hydroxylation is 2. The summed E-state index contributed by atoms with van der Waals surface area (Å²) in [5.41, 5.74) is 3.56. The molecular formula is C31H33IN2O4. The number of hydrogen-bond donors (Lipinski definition) is 0. The Morgan fingerprint density at radius 3 is 2.50 bits per heavy atom. The van der Waals surface area contributed by atoms with Gasteiger partial charge >= 0.3 is 0 Å². The summed E-state index contributed by atoms with van der Waals surface area (Å²) in [4.78, 5) is 19.5. The maximum atomic E-state index is 13.0. The van der Waals surface area contributed by atoms with E-state index in [-0.39, 0.29) is 11.9 Å². The summed E-state index contributed by atoms with van der Waals surface area (Å²) in [5.74, 6) is 3.29. The summed E-state index contributed by atoms with van der Waals surface area (Å²) in [6.07, 6.45) is 6.79. The highest BCUT2D eigenvalue weighted by Crippen LogP contribution is 2.34. The van der Waals surface area contributed by atoms with Crippen molar-refractivity contribution in [2.75, 3.05) is 19.8 Å². The third-order valence-corrected chi connectivity index (χ3v) is 7.83. The van der Waals surface area contributed by atoms with E-state index in [1.165, 1.54) is 5.56 Å². The van der Waals surface area contributed by atoms with E-state index in [4.69, 9.17) is 14.2 Å². The number of rotatable bonds is 10. The number of halogens is 1. The molecule has 0 aliphatic carbocycles. The van der Waals surface area contributed by atoms with E-state index in [1.54, 1.807) is 0 Å². The van der Waals surface area contributed by atoms with Gasteiger partial charge in [0, 0.05) is 24.9 Å². The van der Waals surface area contributed by atoms with Crippen molar-refractivity contribution in [2.24, 2.45) is 4.99 Å². The van der Waals surface area contributed by atoms with E-state index in [1.807, 2.05) is 72.6 Å². The van der Waals surface area contributed by atoms with Crippen molar-refractivity contribution in [3.8, 4) is 23.0 Å². The van der Waals surface area contributed by atoms with Gasteiger partial charge in [0.05, 0.1) is 34.1 Å². The summed E-state index contributed by atoms with van der Waals surface area (Å²) in [7, 11) is 0. The lowest BCUT2D eigenvalue weighted by Crippen LogP contribution is -2.35. The lowest BCUT2D eigenvalue weighted by atomic mass is 10.1. The summed E-state index contributed by atoms with van der Waals surface area (Å²) in [6, 6.07) is 17.9. The first-order valence-electron chi connectivity index (χ1n) is 13.3. The molecule has 38 heavy (non-hydrogen) atoms. The van der Waals surface area contributed by atoms with Crippen LogP contribution in [0.1, 0.15) is 53.6 Å². The highest BCUT2D eigenvalue weighted by atomic mass is 127. The molecule has 0 spiro atoms. The fraction of sp³-hybridized carbons (Fsp3) is 0.355. The zero-order valence-corrected chi connectivity index (χ0v) is 24.1. The van der Waals surface area contributed by atoms with Crippen molar-refractivity contribution in [1.29, 1.82) is 0 Å². The molecule has 7 heteroatoms. The van der Waals surface area contributed by atoms with E-state index in [2.05, 4.69) is 34.5 Å². The van der Waals surface area contributed by atoms with Crippen LogP contribution in [-0.4, -0.2) is 42.8 Å². The van der Waals surface area contributed by atoms with E-state index in [9.17, 15) is 4.79 Å². The van der Waals surface area contributed by atoms with Gasteiger partial charge in [-0.3, -0.25) is 9.79 Å². The minimum absolute atomic E-state index is 0.0802. The summed E-state index contributed by atoms with van der Waals surface area (Å²) in [6.45, 7) is 6.11. The highest BCUT2D eigenvalue weighted by Gasteiger charge is 2.32. The molecule has 5 rings (SSSR count). The third kappa shape index (κ3) is 6.31. The molecule has 2 heterocycles. The minimum atomic E-state index is 0.0802. The number of amides is 1. The van der Waals surface area contributed by atoms with Gasteiger partial charge < -0.3 is 19.1 Å². The van der Waals surface area contributed by atoms with E-state index in [0.717, 1.165) is 70.8 Å². The van der Waals surface area contributed by atoms with Gasteiger partial charge in [-0.05, 0) is 104 Å². The Hall–Kier alpha value is -3.07. The third-order valence-electron chi connectivity index (χ3n) is 6.94. The number of hydrogen-bond acceptors (Lipinski definition) is 5. The second kappa shape index (κ2) is 12.2. The number of aliphatic imine (C=N–C) groups is 1. The summed E-state index contributed by atoms with van der Waals surface area (Å²) in [5, 5.41) is 0. The molecule has 1 atom stereocenters. The van der Waals surface area contributed by atoms with Gasteiger partial charge in [0.1, 0.15) is 23.0 Å². The van der Waals surface area contributed by atoms with Crippen LogP contribution in [0.25, 0.3) is 0 Å². The lowest BCUT2D eigenvalue weighted by Gasteiger charge is -2.20. The van der Waals surface area contributed by atoms with Gasteiger partial charge in [0.2, 0.25) is 0 Å². The van der Waals surface area contributed by atoms with Gasteiger partial charge in [0.15, 0.2) is 0 Å². The number of carbonyl (C=O) groups is 1. The lowest BCUT2D eigenvalue weighted by molar-refractivity contribution is 0.0774. The number of carbonyl (C=O) groups excluding carboxylic acids is 1. The van der Waals surface area contributed by atoms with Crippen molar-refractivity contribution >= 4 is 40.4 Å². The van der Waals surface area contributed by atoms with Crippen molar-refractivity contribution in [3.63, 3.8) is 0 Å². The maximum Gasteiger partial charge on any atom is 0.256 e. The maximum absolute atomic E-state index is 13.0. The zero-order valence-electron chi connectivity index (χ0n) is 21.9. The summed E-state index contributed by atoms with van der Waals surface area (Å²) < 4.78 is 19.1. The van der Waals surface area contributed by atoms with Crippen LogP contribution in [0.15, 0.2) is 59.6 Å². The second-order valence-corrected chi connectivity index (χ2v) is 11.0. The Morgan fingerprint density at radius 1 is 0.921 bits per heavy atom. The molecule has 2 aliphatic heterocycles. The van der Waals surface area contributed by atoms with Crippen LogP contribution in [-0.2, 0) is 0 Å². The first-order valence-corrected chi connectivity index (χ1v) is 14.4.